The second-order valence-corrected chi connectivity index (χ2v) is 9.32. The molecule has 0 unspecified atom stereocenters. The van der Waals surface area contributed by atoms with Gasteiger partial charge < -0.3 is 19.6 Å². The number of benzene rings is 4. The summed E-state index contributed by atoms with van der Waals surface area (Å²) in [5, 5.41) is 18.0. The van der Waals surface area contributed by atoms with Crippen LogP contribution in [0.4, 0.5) is 5.69 Å². The number of amides is 1. The summed E-state index contributed by atoms with van der Waals surface area (Å²) in [5.74, 6) is 0.262. The number of halogens is 1. The van der Waals surface area contributed by atoms with Crippen molar-refractivity contribution >= 4 is 66.7 Å². The van der Waals surface area contributed by atoms with E-state index >= 15 is 0 Å². The van der Waals surface area contributed by atoms with Gasteiger partial charge in [-0.3, -0.25) is 10.1 Å². The molecule has 7 nitrogen and oxygen atoms in total. The number of carbonyl (C=O) groups is 1. The number of hydrogen-bond acceptors (Lipinski definition) is 6. The van der Waals surface area contributed by atoms with E-state index in [-0.39, 0.29) is 16.8 Å². The Morgan fingerprint density at radius 2 is 1.92 bits per heavy atom. The SMILES string of the molecule is COc1c(C(=O)NC(=S)Nc2ccc(O)c(-c3nc4cc(C)ccc4o3)c2)cc2ccccc2c1Br. The average Bonchev–Trinajstić information content (AvgIpc) is 3.28. The van der Waals surface area contributed by atoms with Gasteiger partial charge in [-0.15, -0.1) is 0 Å². The van der Waals surface area contributed by atoms with Gasteiger partial charge in [-0.25, -0.2) is 4.98 Å². The molecule has 180 valence electrons. The first-order chi connectivity index (χ1) is 17.3. The number of oxazole rings is 1. The molecule has 3 N–H and O–H groups in total. The van der Waals surface area contributed by atoms with Crippen LogP contribution in [0.2, 0.25) is 0 Å². The van der Waals surface area contributed by atoms with Gasteiger partial charge in [-0.2, -0.15) is 0 Å². The Balaban J connectivity index is 1.38. The number of hydrogen-bond donors (Lipinski definition) is 3. The molecule has 5 rings (SSSR count). The molecule has 1 heterocycles. The van der Waals surface area contributed by atoms with Crippen molar-refractivity contribution in [2.24, 2.45) is 0 Å². The molecule has 4 aromatic carbocycles. The van der Waals surface area contributed by atoms with E-state index in [0.29, 0.717) is 38.1 Å². The van der Waals surface area contributed by atoms with Gasteiger partial charge in [0.2, 0.25) is 5.89 Å². The number of carbonyl (C=O) groups excluding carboxylic acids is 1. The van der Waals surface area contributed by atoms with Gasteiger partial charge in [0.25, 0.3) is 5.91 Å². The quantitative estimate of drug-likeness (QED) is 0.169. The summed E-state index contributed by atoms with van der Waals surface area (Å²) < 4.78 is 12.0. The summed E-state index contributed by atoms with van der Waals surface area (Å²) in [4.78, 5) is 17.6. The van der Waals surface area contributed by atoms with Crippen molar-refractivity contribution in [2.45, 2.75) is 6.92 Å². The Kier molecular flexibility index (Phi) is 6.34. The summed E-state index contributed by atoms with van der Waals surface area (Å²) in [6.45, 7) is 1.97. The number of nitrogens with zero attached hydrogens (tertiary/aromatic N) is 1. The van der Waals surface area contributed by atoms with Crippen LogP contribution in [0.3, 0.4) is 0 Å². The Morgan fingerprint density at radius 1 is 1.11 bits per heavy atom. The number of phenolic OH excluding ortho intramolecular Hbond substituents is 1. The van der Waals surface area contributed by atoms with Crippen molar-refractivity contribution < 1.29 is 19.1 Å². The monoisotopic (exact) mass is 561 g/mol. The topological polar surface area (TPSA) is 96.6 Å². The number of ether oxygens (including phenoxy) is 1. The Hall–Kier alpha value is -3.95. The van der Waals surface area contributed by atoms with Gasteiger partial charge in [0.05, 0.1) is 22.7 Å². The number of anilines is 1. The van der Waals surface area contributed by atoms with E-state index in [4.69, 9.17) is 21.4 Å². The van der Waals surface area contributed by atoms with Crippen LogP contribution in [0.25, 0.3) is 33.3 Å². The number of aromatic nitrogens is 1. The first-order valence-electron chi connectivity index (χ1n) is 10.9. The van der Waals surface area contributed by atoms with Crippen molar-refractivity contribution in [3.05, 3.63) is 82.3 Å². The van der Waals surface area contributed by atoms with Crippen LogP contribution in [0, 0.1) is 6.92 Å². The van der Waals surface area contributed by atoms with Crippen LogP contribution in [0.1, 0.15) is 15.9 Å². The third kappa shape index (κ3) is 4.50. The molecular weight excluding hydrogens is 542 g/mol. The molecule has 1 amide bonds. The predicted octanol–water partition coefficient (Wildman–Crippen LogP) is 6.56. The summed E-state index contributed by atoms with van der Waals surface area (Å²) in [5.41, 5.74) is 3.63. The second-order valence-electron chi connectivity index (χ2n) is 8.12. The second kappa shape index (κ2) is 9.60. The molecule has 0 fully saturated rings. The van der Waals surface area contributed by atoms with E-state index in [2.05, 4.69) is 31.5 Å². The number of nitrogens with one attached hydrogen (secondary N) is 2. The lowest BCUT2D eigenvalue weighted by molar-refractivity contribution is 0.0975. The maximum atomic E-state index is 13.1. The fraction of sp³-hybridized carbons (Fsp3) is 0.0741. The lowest BCUT2D eigenvalue weighted by atomic mass is 10.1. The normalized spacial score (nSPS) is 11.0. The highest BCUT2D eigenvalue weighted by Gasteiger charge is 2.19. The van der Waals surface area contributed by atoms with Crippen molar-refractivity contribution in [1.29, 1.82) is 0 Å². The number of thiocarbonyl (C=S) groups is 1. The molecule has 0 aliphatic heterocycles. The number of aromatic hydroxyl groups is 1. The van der Waals surface area contributed by atoms with Gasteiger partial charge in [0, 0.05) is 5.69 Å². The Bertz CT molecular complexity index is 1660. The van der Waals surface area contributed by atoms with Gasteiger partial charge in [-0.1, -0.05) is 30.3 Å². The zero-order valence-electron chi connectivity index (χ0n) is 19.3. The molecular formula is C27H20BrN3O4S. The molecule has 1 aromatic heterocycles. The predicted molar refractivity (Wildman–Crippen MR) is 148 cm³/mol. The van der Waals surface area contributed by atoms with Crippen molar-refractivity contribution in [3.63, 3.8) is 0 Å². The van der Waals surface area contributed by atoms with E-state index in [1.165, 1.54) is 13.2 Å². The molecule has 0 saturated carbocycles. The van der Waals surface area contributed by atoms with E-state index in [9.17, 15) is 9.90 Å². The highest BCUT2D eigenvalue weighted by molar-refractivity contribution is 9.10. The van der Waals surface area contributed by atoms with E-state index < -0.39 is 5.91 Å². The number of methoxy groups -OCH3 is 1. The fourth-order valence-corrected chi connectivity index (χ4v) is 4.87. The van der Waals surface area contributed by atoms with E-state index in [0.717, 1.165) is 16.3 Å². The van der Waals surface area contributed by atoms with E-state index in [1.54, 1.807) is 18.2 Å². The third-order valence-electron chi connectivity index (χ3n) is 5.64. The standard InChI is InChI=1S/C27H20BrN3O4S/c1-14-7-10-22-20(11-14)30-26(35-22)18-13-16(8-9-21(18)32)29-27(36)31-25(33)19-12-15-5-3-4-6-17(15)23(28)24(19)34-2/h3-13,32H,1-2H3,(H2,29,31,33,36). The van der Waals surface area contributed by atoms with Gasteiger partial charge in [0.15, 0.2) is 10.7 Å². The molecule has 0 spiro atoms. The van der Waals surface area contributed by atoms with Crippen LogP contribution >= 0.6 is 28.1 Å². The molecule has 0 atom stereocenters. The minimum Gasteiger partial charge on any atom is -0.507 e. The van der Waals surface area contributed by atoms with Crippen LogP contribution in [0.15, 0.2) is 75.6 Å². The van der Waals surface area contributed by atoms with Crippen molar-refractivity contribution in [1.82, 2.24) is 10.3 Å². The molecule has 36 heavy (non-hydrogen) atoms. The molecule has 0 radical (unpaired) electrons. The average molecular weight is 562 g/mol. The zero-order chi connectivity index (χ0) is 25.4. The smallest absolute Gasteiger partial charge is 0.261 e. The van der Waals surface area contributed by atoms with Crippen LogP contribution < -0.4 is 15.4 Å². The Labute approximate surface area is 220 Å². The number of phenols is 1. The van der Waals surface area contributed by atoms with E-state index in [1.807, 2.05) is 49.4 Å². The minimum absolute atomic E-state index is 0.00420. The van der Waals surface area contributed by atoms with Crippen LogP contribution in [-0.2, 0) is 0 Å². The molecule has 0 aliphatic carbocycles. The summed E-state index contributed by atoms with van der Waals surface area (Å²) in [7, 11) is 1.51. The summed E-state index contributed by atoms with van der Waals surface area (Å²) >= 11 is 8.93. The van der Waals surface area contributed by atoms with Gasteiger partial charge in [0.1, 0.15) is 17.0 Å². The number of rotatable bonds is 4. The van der Waals surface area contributed by atoms with Crippen LogP contribution in [-0.4, -0.2) is 28.2 Å². The van der Waals surface area contributed by atoms with Crippen LogP contribution in [0.5, 0.6) is 11.5 Å². The van der Waals surface area contributed by atoms with Crippen molar-refractivity contribution in [2.75, 3.05) is 12.4 Å². The fourth-order valence-electron chi connectivity index (χ4n) is 3.92. The first-order valence-corrected chi connectivity index (χ1v) is 12.1. The zero-order valence-corrected chi connectivity index (χ0v) is 21.7. The molecule has 0 aliphatic rings. The number of aryl methyl sites for hydroxylation is 1. The maximum absolute atomic E-state index is 13.1. The lowest BCUT2D eigenvalue weighted by Gasteiger charge is -2.15. The highest BCUT2D eigenvalue weighted by atomic mass is 79.9. The first kappa shape index (κ1) is 23.8. The maximum Gasteiger partial charge on any atom is 0.261 e. The molecule has 0 bridgehead atoms. The van der Waals surface area contributed by atoms with Gasteiger partial charge >= 0.3 is 0 Å². The molecule has 0 saturated heterocycles. The highest BCUT2D eigenvalue weighted by Crippen LogP contribution is 2.37. The lowest BCUT2D eigenvalue weighted by Crippen LogP contribution is -2.34. The summed E-state index contributed by atoms with van der Waals surface area (Å²) in [6, 6.07) is 19.9. The van der Waals surface area contributed by atoms with Gasteiger partial charge in [-0.05, 0) is 87.8 Å². The van der Waals surface area contributed by atoms with Crippen molar-refractivity contribution in [3.8, 4) is 23.0 Å². The summed E-state index contributed by atoms with van der Waals surface area (Å²) in [6.07, 6.45) is 0. The Morgan fingerprint density at radius 3 is 2.72 bits per heavy atom. The molecule has 9 heteroatoms. The largest absolute Gasteiger partial charge is 0.507 e. The number of fused-ring (bicyclic) bond motifs is 2. The minimum atomic E-state index is -0.427. The molecule has 5 aromatic rings. The third-order valence-corrected chi connectivity index (χ3v) is 6.64.